The maximum absolute atomic E-state index is 11.4. The zero-order valence-corrected chi connectivity index (χ0v) is 11.6. The lowest BCUT2D eigenvalue weighted by atomic mass is 10.0. The summed E-state index contributed by atoms with van der Waals surface area (Å²) >= 11 is 0. The first-order chi connectivity index (χ1) is 9.58. The van der Waals surface area contributed by atoms with Crippen molar-refractivity contribution in [2.45, 2.75) is 19.8 Å². The van der Waals surface area contributed by atoms with E-state index in [1.54, 1.807) is 30.5 Å². The van der Waals surface area contributed by atoms with E-state index < -0.39 is 5.97 Å². The monoisotopic (exact) mass is 267 g/mol. The Balaban J connectivity index is 2.37. The van der Waals surface area contributed by atoms with Crippen LogP contribution in [-0.4, -0.2) is 16.1 Å². The summed E-state index contributed by atoms with van der Waals surface area (Å²) in [4.78, 5) is 15.5. The van der Waals surface area contributed by atoms with Gasteiger partial charge in [-0.2, -0.15) is 0 Å². The molecule has 0 saturated carbocycles. The first-order valence-corrected chi connectivity index (χ1v) is 6.54. The molecule has 0 fully saturated rings. The predicted octanol–water partition coefficient (Wildman–Crippen LogP) is 3.83. The highest BCUT2D eigenvalue weighted by Crippen LogP contribution is 2.19. The highest BCUT2D eigenvalue weighted by molar-refractivity contribution is 6.20. The molecule has 0 aliphatic rings. The molecule has 1 heterocycles. The number of carboxylic acids is 1. The van der Waals surface area contributed by atoms with Crippen LogP contribution >= 0.6 is 0 Å². The topological polar surface area (TPSA) is 50.2 Å². The van der Waals surface area contributed by atoms with E-state index in [4.69, 9.17) is 0 Å². The quantitative estimate of drug-likeness (QED) is 0.856. The van der Waals surface area contributed by atoms with Gasteiger partial charge in [-0.05, 0) is 35.3 Å². The van der Waals surface area contributed by atoms with Gasteiger partial charge in [0.15, 0.2) is 0 Å². The minimum atomic E-state index is -0.975. The van der Waals surface area contributed by atoms with Crippen LogP contribution in [-0.2, 0) is 4.79 Å². The minimum absolute atomic E-state index is 0.197. The third-order valence-corrected chi connectivity index (χ3v) is 3.09. The van der Waals surface area contributed by atoms with Gasteiger partial charge in [0, 0.05) is 6.20 Å². The van der Waals surface area contributed by atoms with Gasteiger partial charge in [-0.3, -0.25) is 4.98 Å². The lowest BCUT2D eigenvalue weighted by molar-refractivity contribution is -0.130. The largest absolute Gasteiger partial charge is 0.478 e. The smallest absolute Gasteiger partial charge is 0.337 e. The van der Waals surface area contributed by atoms with Crippen LogP contribution in [0.1, 0.15) is 36.6 Å². The van der Waals surface area contributed by atoms with Crippen LogP contribution < -0.4 is 0 Å². The van der Waals surface area contributed by atoms with Crippen molar-refractivity contribution in [2.24, 2.45) is 0 Å². The van der Waals surface area contributed by atoms with Crippen LogP contribution in [0.3, 0.4) is 0 Å². The third-order valence-electron chi connectivity index (χ3n) is 3.09. The Kier molecular flexibility index (Phi) is 4.31. The number of aromatic nitrogens is 1. The number of carbonyl (C=O) groups is 1. The van der Waals surface area contributed by atoms with Crippen molar-refractivity contribution in [1.82, 2.24) is 4.98 Å². The molecule has 1 aromatic carbocycles. The lowest BCUT2D eigenvalue weighted by Crippen LogP contribution is -2.01. The zero-order valence-electron chi connectivity index (χ0n) is 11.6. The van der Waals surface area contributed by atoms with Crippen molar-refractivity contribution in [3.63, 3.8) is 0 Å². The number of pyridine rings is 1. The molecule has 0 saturated heterocycles. The fourth-order valence-corrected chi connectivity index (χ4v) is 1.91. The Hall–Kier alpha value is -2.42. The molecule has 0 bridgehead atoms. The Bertz CT molecular complexity index is 613. The molecule has 0 unspecified atom stereocenters. The van der Waals surface area contributed by atoms with Gasteiger partial charge < -0.3 is 5.11 Å². The molecule has 3 nitrogen and oxygen atoms in total. The molecule has 0 atom stereocenters. The van der Waals surface area contributed by atoms with Crippen LogP contribution in [0.4, 0.5) is 0 Å². The molecule has 2 aromatic rings. The van der Waals surface area contributed by atoms with Gasteiger partial charge in [0.1, 0.15) is 0 Å². The predicted molar refractivity (Wildman–Crippen MR) is 80.3 cm³/mol. The van der Waals surface area contributed by atoms with Crippen LogP contribution in [0.5, 0.6) is 0 Å². The van der Waals surface area contributed by atoms with Crippen LogP contribution in [0.15, 0.2) is 48.7 Å². The van der Waals surface area contributed by atoms with E-state index in [0.29, 0.717) is 11.6 Å². The Morgan fingerprint density at radius 3 is 2.35 bits per heavy atom. The van der Waals surface area contributed by atoms with Gasteiger partial charge in [0.05, 0.1) is 11.3 Å². The average molecular weight is 267 g/mol. The zero-order chi connectivity index (χ0) is 14.5. The number of nitrogens with zero attached hydrogens (tertiary/aromatic N) is 1. The Labute approximate surface area is 118 Å². The molecule has 0 spiro atoms. The number of benzene rings is 1. The number of hydrogen-bond donors (Lipinski definition) is 1. The number of carboxylic acid groups (broad SMARTS) is 1. The summed E-state index contributed by atoms with van der Waals surface area (Å²) in [5, 5.41) is 9.32. The second kappa shape index (κ2) is 6.15. The summed E-state index contributed by atoms with van der Waals surface area (Å²) in [6, 6.07) is 13.1. The van der Waals surface area contributed by atoms with Gasteiger partial charge in [-0.1, -0.05) is 44.2 Å². The Morgan fingerprint density at radius 2 is 1.85 bits per heavy atom. The molecule has 0 aliphatic heterocycles. The van der Waals surface area contributed by atoms with Crippen molar-refractivity contribution in [1.29, 1.82) is 0 Å². The summed E-state index contributed by atoms with van der Waals surface area (Å²) < 4.78 is 0. The molecule has 20 heavy (non-hydrogen) atoms. The molecule has 2 rings (SSSR count). The van der Waals surface area contributed by atoms with E-state index >= 15 is 0 Å². The molecule has 0 amide bonds. The SMILES string of the molecule is CC(C)c1ccc(/C=C(/C(=O)O)c2ccccn2)cc1. The van der Waals surface area contributed by atoms with Gasteiger partial charge in [-0.15, -0.1) is 0 Å². The van der Waals surface area contributed by atoms with E-state index in [1.165, 1.54) is 5.56 Å². The number of aliphatic carboxylic acids is 1. The van der Waals surface area contributed by atoms with Crippen molar-refractivity contribution >= 4 is 17.6 Å². The first-order valence-electron chi connectivity index (χ1n) is 6.54. The summed E-state index contributed by atoms with van der Waals surface area (Å²) in [5.41, 5.74) is 2.75. The van der Waals surface area contributed by atoms with E-state index in [9.17, 15) is 9.90 Å². The van der Waals surface area contributed by atoms with E-state index in [-0.39, 0.29) is 5.57 Å². The molecular weight excluding hydrogens is 250 g/mol. The Morgan fingerprint density at radius 1 is 1.15 bits per heavy atom. The van der Waals surface area contributed by atoms with Gasteiger partial charge in [0.25, 0.3) is 0 Å². The van der Waals surface area contributed by atoms with Crippen molar-refractivity contribution in [2.75, 3.05) is 0 Å². The molecule has 1 N–H and O–H groups in total. The molecule has 1 aromatic heterocycles. The maximum atomic E-state index is 11.4. The molecule has 3 heteroatoms. The normalized spacial score (nSPS) is 11.7. The van der Waals surface area contributed by atoms with E-state index in [1.807, 2.05) is 24.3 Å². The van der Waals surface area contributed by atoms with Crippen molar-refractivity contribution < 1.29 is 9.90 Å². The molecule has 102 valence electrons. The van der Waals surface area contributed by atoms with Crippen molar-refractivity contribution in [3.8, 4) is 0 Å². The highest BCUT2D eigenvalue weighted by Gasteiger charge is 2.11. The second-order valence-corrected chi connectivity index (χ2v) is 4.90. The van der Waals surface area contributed by atoms with E-state index in [0.717, 1.165) is 5.56 Å². The minimum Gasteiger partial charge on any atom is -0.478 e. The van der Waals surface area contributed by atoms with Crippen LogP contribution in [0.2, 0.25) is 0 Å². The molecule has 0 aliphatic carbocycles. The molecular formula is C17H17NO2. The fraction of sp³-hybridized carbons (Fsp3) is 0.176. The highest BCUT2D eigenvalue weighted by atomic mass is 16.4. The van der Waals surface area contributed by atoms with Crippen LogP contribution in [0.25, 0.3) is 11.6 Å². The van der Waals surface area contributed by atoms with E-state index in [2.05, 4.69) is 18.8 Å². The van der Waals surface area contributed by atoms with Crippen molar-refractivity contribution in [3.05, 3.63) is 65.5 Å². The molecule has 0 radical (unpaired) electrons. The average Bonchev–Trinajstić information content (AvgIpc) is 2.46. The summed E-state index contributed by atoms with van der Waals surface area (Å²) in [7, 11) is 0. The summed E-state index contributed by atoms with van der Waals surface area (Å²) in [6.45, 7) is 4.25. The standard InChI is InChI=1S/C17H17NO2/c1-12(2)14-8-6-13(7-9-14)11-15(17(19)20)16-5-3-4-10-18-16/h3-12H,1-2H3,(H,19,20)/b15-11+. The second-order valence-electron chi connectivity index (χ2n) is 4.90. The summed E-state index contributed by atoms with van der Waals surface area (Å²) in [5.74, 6) is -0.514. The number of rotatable bonds is 4. The summed E-state index contributed by atoms with van der Waals surface area (Å²) in [6.07, 6.45) is 3.24. The number of hydrogen-bond acceptors (Lipinski definition) is 2. The fourth-order valence-electron chi connectivity index (χ4n) is 1.91. The first kappa shape index (κ1) is 14.0. The lowest BCUT2D eigenvalue weighted by Gasteiger charge is -2.06. The van der Waals surface area contributed by atoms with Gasteiger partial charge in [-0.25, -0.2) is 4.79 Å². The maximum Gasteiger partial charge on any atom is 0.337 e. The van der Waals surface area contributed by atoms with Gasteiger partial charge >= 0.3 is 5.97 Å². The third kappa shape index (κ3) is 3.32. The van der Waals surface area contributed by atoms with Crippen LogP contribution in [0, 0.1) is 0 Å². The van der Waals surface area contributed by atoms with Gasteiger partial charge in [0.2, 0.25) is 0 Å².